The molecule has 2 nitrogen and oxygen atoms in total. The zero-order chi connectivity index (χ0) is 14.6. The van der Waals surface area contributed by atoms with Crippen LogP contribution in [0.25, 0.3) is 0 Å². The zero-order valence-electron chi connectivity index (χ0n) is 12.5. The molecule has 0 aromatic heterocycles. The van der Waals surface area contributed by atoms with Crippen molar-refractivity contribution in [1.29, 1.82) is 0 Å². The Morgan fingerprint density at radius 1 is 1.14 bits per heavy atom. The number of rotatable bonds is 2. The summed E-state index contributed by atoms with van der Waals surface area (Å²) in [5.74, 6) is 2.59. The molecule has 4 fully saturated rings. The van der Waals surface area contributed by atoms with E-state index in [1.54, 1.807) is 6.07 Å². The summed E-state index contributed by atoms with van der Waals surface area (Å²) >= 11 is 6.15. The zero-order valence-corrected chi connectivity index (χ0v) is 13.2. The second-order valence-corrected chi connectivity index (χ2v) is 8.02. The Bertz CT molecular complexity index is 560. The van der Waals surface area contributed by atoms with Crippen molar-refractivity contribution in [2.75, 3.05) is 0 Å². The van der Waals surface area contributed by atoms with Gasteiger partial charge in [0, 0.05) is 16.1 Å². The number of carbonyl (C=O) groups excluding carboxylic acids is 1. The molecule has 0 heterocycles. The van der Waals surface area contributed by atoms with E-state index in [0.29, 0.717) is 10.6 Å². The molecule has 0 aliphatic heterocycles. The van der Waals surface area contributed by atoms with Crippen LogP contribution in [0.2, 0.25) is 5.02 Å². The fourth-order valence-corrected chi connectivity index (χ4v) is 5.49. The molecule has 4 saturated carbocycles. The number of nitrogens with one attached hydrogen (secondary N) is 1. The van der Waals surface area contributed by atoms with Gasteiger partial charge in [-0.15, -0.1) is 0 Å². The van der Waals surface area contributed by atoms with E-state index >= 15 is 0 Å². The van der Waals surface area contributed by atoms with Gasteiger partial charge in [0.15, 0.2) is 0 Å². The van der Waals surface area contributed by atoms with Crippen LogP contribution in [0.5, 0.6) is 0 Å². The van der Waals surface area contributed by atoms with Crippen molar-refractivity contribution in [3.05, 3.63) is 34.3 Å². The molecule has 21 heavy (non-hydrogen) atoms. The van der Waals surface area contributed by atoms with Crippen molar-refractivity contribution in [1.82, 2.24) is 5.32 Å². The van der Waals surface area contributed by atoms with Gasteiger partial charge in [0.1, 0.15) is 0 Å². The van der Waals surface area contributed by atoms with E-state index in [4.69, 9.17) is 11.6 Å². The Kier molecular flexibility index (Phi) is 3.08. The van der Waals surface area contributed by atoms with Crippen molar-refractivity contribution in [2.45, 2.75) is 51.0 Å². The van der Waals surface area contributed by atoms with E-state index in [1.807, 2.05) is 19.1 Å². The van der Waals surface area contributed by atoms with Crippen LogP contribution in [0.4, 0.5) is 0 Å². The van der Waals surface area contributed by atoms with Gasteiger partial charge in [0.25, 0.3) is 5.91 Å². The monoisotopic (exact) mass is 303 g/mol. The highest BCUT2D eigenvalue weighted by molar-refractivity contribution is 6.31. The molecular weight excluding hydrogens is 282 g/mol. The van der Waals surface area contributed by atoms with Crippen molar-refractivity contribution in [2.24, 2.45) is 17.8 Å². The molecule has 4 aliphatic carbocycles. The summed E-state index contributed by atoms with van der Waals surface area (Å²) in [6.07, 6.45) is 7.74. The van der Waals surface area contributed by atoms with Gasteiger partial charge in [-0.2, -0.15) is 0 Å². The predicted molar refractivity (Wildman–Crippen MR) is 84.6 cm³/mol. The number of benzene rings is 1. The van der Waals surface area contributed by atoms with Crippen LogP contribution in [0.3, 0.4) is 0 Å². The van der Waals surface area contributed by atoms with Crippen LogP contribution in [-0.4, -0.2) is 11.4 Å². The average Bonchev–Trinajstić information content (AvgIpc) is 2.39. The summed E-state index contributed by atoms with van der Waals surface area (Å²) in [4.78, 5) is 12.6. The molecule has 0 saturated heterocycles. The minimum Gasteiger partial charge on any atom is -0.347 e. The van der Waals surface area contributed by atoms with Gasteiger partial charge in [-0.05, 0) is 80.9 Å². The van der Waals surface area contributed by atoms with Gasteiger partial charge in [0.05, 0.1) is 0 Å². The first-order valence-corrected chi connectivity index (χ1v) is 8.49. The van der Waals surface area contributed by atoms with E-state index < -0.39 is 0 Å². The fourth-order valence-electron chi connectivity index (χ4n) is 5.31. The highest BCUT2D eigenvalue weighted by atomic mass is 35.5. The van der Waals surface area contributed by atoms with Crippen molar-refractivity contribution >= 4 is 17.5 Å². The van der Waals surface area contributed by atoms with Crippen LogP contribution in [0.15, 0.2) is 18.2 Å². The predicted octanol–water partition coefficient (Wildman–Crippen LogP) is 4.35. The van der Waals surface area contributed by atoms with Crippen molar-refractivity contribution in [3.8, 4) is 0 Å². The highest BCUT2D eigenvalue weighted by Crippen LogP contribution is 2.55. The first-order valence-electron chi connectivity index (χ1n) is 8.12. The maximum Gasteiger partial charge on any atom is 0.251 e. The SMILES string of the molecule is Cc1ccc(C(=O)NC23CC4CC(CC(C4)C2)C3)cc1Cl. The molecule has 1 amide bonds. The third-order valence-electron chi connectivity index (χ3n) is 5.85. The third-order valence-corrected chi connectivity index (χ3v) is 6.26. The van der Waals surface area contributed by atoms with Crippen molar-refractivity contribution in [3.63, 3.8) is 0 Å². The highest BCUT2D eigenvalue weighted by Gasteiger charge is 2.51. The average molecular weight is 304 g/mol. The smallest absolute Gasteiger partial charge is 0.251 e. The minimum atomic E-state index is 0.0545. The van der Waals surface area contributed by atoms with Gasteiger partial charge in [-0.25, -0.2) is 0 Å². The van der Waals surface area contributed by atoms with E-state index in [2.05, 4.69) is 5.32 Å². The number of hydrogen-bond donors (Lipinski definition) is 1. The molecule has 0 spiro atoms. The Hall–Kier alpha value is -1.02. The Balaban J connectivity index is 1.55. The Morgan fingerprint density at radius 2 is 1.71 bits per heavy atom. The van der Waals surface area contributed by atoms with Crippen LogP contribution >= 0.6 is 11.6 Å². The lowest BCUT2D eigenvalue weighted by Gasteiger charge is -2.56. The third kappa shape index (κ3) is 2.38. The topological polar surface area (TPSA) is 29.1 Å². The van der Waals surface area contributed by atoms with Gasteiger partial charge in [0.2, 0.25) is 0 Å². The van der Waals surface area contributed by atoms with Gasteiger partial charge >= 0.3 is 0 Å². The first-order chi connectivity index (χ1) is 10.0. The van der Waals surface area contributed by atoms with Crippen LogP contribution in [0, 0.1) is 24.7 Å². The summed E-state index contributed by atoms with van der Waals surface area (Å²) in [5, 5.41) is 4.06. The molecule has 0 unspecified atom stereocenters. The van der Waals surface area contributed by atoms with Crippen molar-refractivity contribution < 1.29 is 4.79 Å². The van der Waals surface area contributed by atoms with E-state index in [0.717, 1.165) is 23.3 Å². The standard InChI is InChI=1S/C18H22ClNO/c1-11-2-3-15(7-16(11)19)17(21)20-18-8-12-4-13(9-18)6-14(5-12)10-18/h2-3,7,12-14H,4-6,8-10H2,1H3,(H,20,21). The summed E-state index contributed by atoms with van der Waals surface area (Å²) in [7, 11) is 0. The summed E-state index contributed by atoms with van der Waals surface area (Å²) < 4.78 is 0. The van der Waals surface area contributed by atoms with Gasteiger partial charge in [-0.3, -0.25) is 4.79 Å². The maximum absolute atomic E-state index is 12.6. The Morgan fingerprint density at radius 3 is 2.24 bits per heavy atom. The molecule has 4 bridgehead atoms. The van der Waals surface area contributed by atoms with Gasteiger partial charge < -0.3 is 5.32 Å². The molecule has 1 aromatic carbocycles. The fraction of sp³-hybridized carbons (Fsp3) is 0.611. The van der Waals surface area contributed by atoms with E-state index in [9.17, 15) is 4.79 Å². The normalized spacial score (nSPS) is 36.8. The Labute approximate surface area is 131 Å². The van der Waals surface area contributed by atoms with Crippen LogP contribution < -0.4 is 5.32 Å². The number of halogens is 1. The number of carbonyl (C=O) groups is 1. The lowest BCUT2D eigenvalue weighted by Crippen LogP contribution is -2.59. The number of amides is 1. The molecule has 0 radical (unpaired) electrons. The van der Waals surface area contributed by atoms with E-state index in [-0.39, 0.29) is 11.4 Å². The van der Waals surface area contributed by atoms with E-state index in [1.165, 1.54) is 38.5 Å². The number of hydrogen-bond acceptors (Lipinski definition) is 1. The summed E-state index contributed by atoms with van der Waals surface area (Å²) in [5.41, 5.74) is 1.78. The largest absolute Gasteiger partial charge is 0.347 e. The molecule has 1 N–H and O–H groups in total. The first kappa shape index (κ1) is 13.6. The lowest BCUT2D eigenvalue weighted by molar-refractivity contribution is -0.0167. The quantitative estimate of drug-likeness (QED) is 0.865. The summed E-state index contributed by atoms with van der Waals surface area (Å²) in [6.45, 7) is 1.96. The number of aryl methyl sites for hydroxylation is 1. The molecule has 3 heteroatoms. The molecule has 1 aromatic rings. The van der Waals surface area contributed by atoms with Crippen LogP contribution in [-0.2, 0) is 0 Å². The molecular formula is C18H22ClNO. The lowest BCUT2D eigenvalue weighted by atomic mass is 9.53. The van der Waals surface area contributed by atoms with Crippen LogP contribution in [0.1, 0.15) is 54.4 Å². The minimum absolute atomic E-state index is 0.0545. The molecule has 112 valence electrons. The molecule has 4 aliphatic rings. The molecule has 0 atom stereocenters. The molecule has 5 rings (SSSR count). The van der Waals surface area contributed by atoms with Gasteiger partial charge in [-0.1, -0.05) is 17.7 Å². The second-order valence-electron chi connectivity index (χ2n) is 7.62. The summed E-state index contributed by atoms with van der Waals surface area (Å²) in [6, 6.07) is 5.61. The maximum atomic E-state index is 12.6. The second kappa shape index (κ2) is 4.74.